The molecule has 1 aliphatic rings. The predicted molar refractivity (Wildman–Crippen MR) is 91.4 cm³/mol. The number of nitrogens with one attached hydrogen (secondary N) is 1. The van der Waals surface area contributed by atoms with E-state index in [9.17, 15) is 0 Å². The van der Waals surface area contributed by atoms with Gasteiger partial charge < -0.3 is 5.32 Å². The van der Waals surface area contributed by atoms with Crippen molar-refractivity contribution in [2.45, 2.75) is 52.0 Å². The first-order chi connectivity index (χ1) is 8.94. The Hall–Kier alpha value is -0.0900. The lowest BCUT2D eigenvalue weighted by atomic mass is 9.89. The topological polar surface area (TPSA) is 12.0 Å². The maximum absolute atomic E-state index is 3.69. The lowest BCUT2D eigenvalue weighted by Gasteiger charge is -2.26. The zero-order chi connectivity index (χ0) is 13.9. The Kier molecular flexibility index (Phi) is 5.29. The van der Waals surface area contributed by atoms with E-state index in [1.807, 2.05) is 0 Å². The van der Waals surface area contributed by atoms with Crippen LogP contribution in [0.2, 0.25) is 0 Å². The van der Waals surface area contributed by atoms with Crippen molar-refractivity contribution in [2.75, 3.05) is 6.54 Å². The molecule has 106 valence electrons. The quantitative estimate of drug-likeness (QED) is 0.761. The molecule has 1 aromatic carbocycles. The summed E-state index contributed by atoms with van der Waals surface area (Å²) in [5, 5.41) is 3.69. The Morgan fingerprint density at radius 3 is 2.37 bits per heavy atom. The standard InChI is InChI=1S/C17H26IN/c1-17(2,3)19-12-15-6-4-5-14(15)11-13-7-9-16(18)10-8-13/h7-10,14-15,19H,4-6,11-12H2,1-3H3. The van der Waals surface area contributed by atoms with E-state index in [-0.39, 0.29) is 5.54 Å². The molecule has 0 aliphatic heterocycles. The van der Waals surface area contributed by atoms with Crippen LogP contribution in [0, 0.1) is 15.4 Å². The highest BCUT2D eigenvalue weighted by Crippen LogP contribution is 2.34. The van der Waals surface area contributed by atoms with Crippen LogP contribution < -0.4 is 5.32 Å². The van der Waals surface area contributed by atoms with Crippen LogP contribution in [0.25, 0.3) is 0 Å². The third-order valence-electron chi connectivity index (χ3n) is 4.12. The number of hydrogen-bond acceptors (Lipinski definition) is 1. The van der Waals surface area contributed by atoms with Crippen molar-refractivity contribution in [1.82, 2.24) is 5.32 Å². The minimum Gasteiger partial charge on any atom is -0.312 e. The van der Waals surface area contributed by atoms with Gasteiger partial charge in [-0.1, -0.05) is 18.6 Å². The van der Waals surface area contributed by atoms with E-state index in [0.29, 0.717) is 0 Å². The van der Waals surface area contributed by atoms with Gasteiger partial charge in [-0.15, -0.1) is 0 Å². The Labute approximate surface area is 131 Å². The summed E-state index contributed by atoms with van der Waals surface area (Å²) < 4.78 is 1.33. The molecule has 1 aromatic rings. The molecule has 2 atom stereocenters. The molecule has 0 saturated heterocycles. The van der Waals surface area contributed by atoms with Crippen LogP contribution in [0.1, 0.15) is 45.6 Å². The van der Waals surface area contributed by atoms with Crippen molar-refractivity contribution in [3.8, 4) is 0 Å². The number of halogens is 1. The van der Waals surface area contributed by atoms with Crippen LogP contribution in [0.15, 0.2) is 24.3 Å². The molecule has 1 aliphatic carbocycles. The van der Waals surface area contributed by atoms with Crippen LogP contribution in [0.3, 0.4) is 0 Å². The zero-order valence-corrected chi connectivity index (χ0v) is 14.5. The fourth-order valence-corrected chi connectivity index (χ4v) is 3.37. The van der Waals surface area contributed by atoms with Gasteiger partial charge in [-0.25, -0.2) is 0 Å². The van der Waals surface area contributed by atoms with Gasteiger partial charge in [0.05, 0.1) is 0 Å². The summed E-state index contributed by atoms with van der Waals surface area (Å²) in [5.41, 5.74) is 1.75. The molecule has 0 spiro atoms. The van der Waals surface area contributed by atoms with Crippen molar-refractivity contribution < 1.29 is 0 Å². The van der Waals surface area contributed by atoms with E-state index < -0.39 is 0 Å². The second kappa shape index (κ2) is 6.57. The highest BCUT2D eigenvalue weighted by Gasteiger charge is 2.28. The highest BCUT2D eigenvalue weighted by molar-refractivity contribution is 14.1. The molecule has 1 saturated carbocycles. The summed E-state index contributed by atoms with van der Waals surface area (Å²) in [4.78, 5) is 0. The minimum absolute atomic E-state index is 0.246. The summed E-state index contributed by atoms with van der Waals surface area (Å²) in [6, 6.07) is 9.06. The molecule has 0 aromatic heterocycles. The van der Waals surface area contributed by atoms with Crippen molar-refractivity contribution in [1.29, 1.82) is 0 Å². The Morgan fingerprint density at radius 1 is 1.11 bits per heavy atom. The normalized spacial score (nSPS) is 23.8. The van der Waals surface area contributed by atoms with Crippen molar-refractivity contribution in [2.24, 2.45) is 11.8 Å². The Morgan fingerprint density at radius 2 is 1.74 bits per heavy atom. The van der Waals surface area contributed by atoms with Crippen LogP contribution in [-0.2, 0) is 6.42 Å². The first-order valence-electron chi connectivity index (χ1n) is 7.43. The van der Waals surface area contributed by atoms with Gasteiger partial charge in [0.15, 0.2) is 0 Å². The molecular weight excluding hydrogens is 345 g/mol. The number of hydrogen-bond donors (Lipinski definition) is 1. The zero-order valence-electron chi connectivity index (χ0n) is 12.4. The molecule has 1 fully saturated rings. The number of benzene rings is 1. The Balaban J connectivity index is 1.90. The van der Waals surface area contributed by atoms with Crippen LogP contribution in [-0.4, -0.2) is 12.1 Å². The van der Waals surface area contributed by atoms with Gasteiger partial charge in [-0.3, -0.25) is 0 Å². The average molecular weight is 371 g/mol. The first kappa shape index (κ1) is 15.3. The van der Waals surface area contributed by atoms with Gasteiger partial charge in [-0.2, -0.15) is 0 Å². The van der Waals surface area contributed by atoms with Gasteiger partial charge in [0.25, 0.3) is 0 Å². The largest absolute Gasteiger partial charge is 0.312 e. The van der Waals surface area contributed by atoms with E-state index in [4.69, 9.17) is 0 Å². The lowest BCUT2D eigenvalue weighted by molar-refractivity contribution is 0.317. The smallest absolute Gasteiger partial charge is 0.0130 e. The van der Waals surface area contributed by atoms with Crippen molar-refractivity contribution in [3.05, 3.63) is 33.4 Å². The van der Waals surface area contributed by atoms with Crippen molar-refractivity contribution >= 4 is 22.6 Å². The van der Waals surface area contributed by atoms with Crippen molar-refractivity contribution in [3.63, 3.8) is 0 Å². The van der Waals surface area contributed by atoms with Gasteiger partial charge in [0.2, 0.25) is 0 Å². The van der Waals surface area contributed by atoms with Crippen LogP contribution in [0.5, 0.6) is 0 Å². The molecule has 0 heterocycles. The molecule has 19 heavy (non-hydrogen) atoms. The third kappa shape index (κ3) is 5.07. The highest BCUT2D eigenvalue weighted by atomic mass is 127. The summed E-state index contributed by atoms with van der Waals surface area (Å²) in [6.45, 7) is 7.96. The van der Waals surface area contributed by atoms with Gasteiger partial charge in [0.1, 0.15) is 0 Å². The maximum Gasteiger partial charge on any atom is 0.0130 e. The van der Waals surface area contributed by atoms with Gasteiger partial charge in [-0.05, 0) is 98.7 Å². The summed E-state index contributed by atoms with van der Waals surface area (Å²) in [5.74, 6) is 1.73. The Bertz CT molecular complexity index is 391. The average Bonchev–Trinajstić information content (AvgIpc) is 2.76. The van der Waals surface area contributed by atoms with E-state index in [1.54, 1.807) is 0 Å². The second-order valence-corrected chi connectivity index (χ2v) is 8.16. The van der Waals surface area contributed by atoms with Crippen LogP contribution >= 0.6 is 22.6 Å². The fourth-order valence-electron chi connectivity index (χ4n) is 3.01. The fraction of sp³-hybridized carbons (Fsp3) is 0.647. The van der Waals surface area contributed by atoms with E-state index in [2.05, 4.69) is 72.9 Å². The van der Waals surface area contributed by atoms with Gasteiger partial charge in [0, 0.05) is 9.11 Å². The molecule has 1 nitrogen and oxygen atoms in total. The molecule has 0 bridgehead atoms. The number of rotatable bonds is 4. The predicted octanol–water partition coefficient (Wildman–Crippen LogP) is 4.64. The molecule has 0 amide bonds. The van der Waals surface area contributed by atoms with E-state index in [0.717, 1.165) is 11.8 Å². The molecular formula is C17H26IN. The SMILES string of the molecule is CC(C)(C)NCC1CCCC1Cc1ccc(I)cc1. The third-order valence-corrected chi connectivity index (χ3v) is 4.84. The first-order valence-corrected chi connectivity index (χ1v) is 8.51. The minimum atomic E-state index is 0.246. The summed E-state index contributed by atoms with van der Waals surface area (Å²) in [7, 11) is 0. The van der Waals surface area contributed by atoms with Gasteiger partial charge >= 0.3 is 0 Å². The maximum atomic E-state index is 3.69. The summed E-state index contributed by atoms with van der Waals surface area (Å²) >= 11 is 2.38. The molecule has 2 heteroatoms. The molecule has 1 N–H and O–H groups in total. The molecule has 2 unspecified atom stereocenters. The van der Waals surface area contributed by atoms with E-state index in [1.165, 1.54) is 41.4 Å². The molecule has 2 rings (SSSR count). The monoisotopic (exact) mass is 371 g/mol. The molecule has 0 radical (unpaired) electrons. The second-order valence-electron chi connectivity index (χ2n) is 6.91. The van der Waals surface area contributed by atoms with E-state index >= 15 is 0 Å². The summed E-state index contributed by atoms with van der Waals surface area (Å²) in [6.07, 6.45) is 5.47. The lowest BCUT2D eigenvalue weighted by Crippen LogP contribution is -2.40. The van der Waals surface area contributed by atoms with Crippen LogP contribution in [0.4, 0.5) is 0 Å².